The highest BCUT2D eigenvalue weighted by atomic mass is 32.2. The summed E-state index contributed by atoms with van der Waals surface area (Å²) in [7, 11) is 0. The van der Waals surface area contributed by atoms with Crippen LogP contribution in [0.15, 0.2) is 0 Å². The Kier molecular flexibility index (Phi) is 5.89. The van der Waals surface area contributed by atoms with Gasteiger partial charge in [-0.1, -0.05) is 20.8 Å². The highest BCUT2D eigenvalue weighted by Crippen LogP contribution is 2.19. The Hall–Kier alpha value is -0.640. The number of imidazole rings is 1. The third kappa shape index (κ3) is 3.95. The van der Waals surface area contributed by atoms with Crippen molar-refractivity contribution in [1.29, 1.82) is 0 Å². The molecule has 17 heavy (non-hydrogen) atoms. The van der Waals surface area contributed by atoms with Crippen molar-refractivity contribution in [3.63, 3.8) is 0 Å². The molecular formula is C13H25N3S. The molecule has 0 bridgehead atoms. The van der Waals surface area contributed by atoms with E-state index < -0.39 is 0 Å². The minimum Gasteiger partial charge on any atom is -0.384 e. The molecule has 0 unspecified atom stereocenters. The lowest BCUT2D eigenvalue weighted by atomic mass is 10.2. The number of hydrogen-bond acceptors (Lipinski definition) is 3. The highest BCUT2D eigenvalue weighted by molar-refractivity contribution is 7.98. The largest absolute Gasteiger partial charge is 0.384 e. The molecular weight excluding hydrogens is 230 g/mol. The number of anilines is 1. The number of nitrogens with two attached hydrogens (primary N) is 1. The number of nitrogens with zero attached hydrogens (tertiary/aromatic N) is 2. The van der Waals surface area contributed by atoms with Crippen LogP contribution in [-0.2, 0) is 19.4 Å². The van der Waals surface area contributed by atoms with E-state index in [1.165, 1.54) is 0 Å². The number of rotatable bonds is 7. The predicted octanol–water partition coefficient (Wildman–Crippen LogP) is 2.98. The number of hydrogen-bond donors (Lipinski definition) is 1. The fraction of sp³-hybridized carbons (Fsp3) is 0.769. The summed E-state index contributed by atoms with van der Waals surface area (Å²) >= 11 is 1.84. The average Bonchev–Trinajstić information content (AvgIpc) is 2.55. The first-order chi connectivity index (χ1) is 8.10. The quantitative estimate of drug-likeness (QED) is 0.814. The van der Waals surface area contributed by atoms with Gasteiger partial charge in [0, 0.05) is 19.4 Å². The molecule has 0 spiro atoms. The predicted molar refractivity (Wildman–Crippen MR) is 77.6 cm³/mol. The standard InChI is InChI=1S/C13H25N3S/c1-5-6-12-15-11(7-8-17-4)13(14)16(12)9-10(2)3/h10H,5-9,14H2,1-4H3. The number of thioether (sulfide) groups is 1. The maximum atomic E-state index is 6.21. The first kappa shape index (κ1) is 14.4. The molecule has 0 amide bonds. The summed E-state index contributed by atoms with van der Waals surface area (Å²) in [6.45, 7) is 7.60. The summed E-state index contributed by atoms with van der Waals surface area (Å²) < 4.78 is 2.21. The Morgan fingerprint density at radius 1 is 1.35 bits per heavy atom. The second-order valence-electron chi connectivity index (χ2n) is 4.86. The van der Waals surface area contributed by atoms with Gasteiger partial charge in [0.15, 0.2) is 0 Å². The minimum absolute atomic E-state index is 0.607. The van der Waals surface area contributed by atoms with Crippen LogP contribution in [-0.4, -0.2) is 21.6 Å². The molecule has 1 heterocycles. The van der Waals surface area contributed by atoms with Crippen LogP contribution in [0.3, 0.4) is 0 Å². The minimum atomic E-state index is 0.607. The molecule has 1 aromatic rings. The third-order valence-electron chi connectivity index (χ3n) is 2.73. The van der Waals surface area contributed by atoms with E-state index in [0.29, 0.717) is 5.92 Å². The summed E-state index contributed by atoms with van der Waals surface area (Å²) in [5, 5.41) is 0. The van der Waals surface area contributed by atoms with Crippen molar-refractivity contribution in [2.75, 3.05) is 17.7 Å². The molecule has 1 aromatic heterocycles. The fourth-order valence-electron chi connectivity index (χ4n) is 1.93. The summed E-state index contributed by atoms with van der Waals surface area (Å²) in [6, 6.07) is 0. The Balaban J connectivity index is 2.93. The van der Waals surface area contributed by atoms with E-state index >= 15 is 0 Å². The van der Waals surface area contributed by atoms with Crippen LogP contribution in [0.25, 0.3) is 0 Å². The van der Waals surface area contributed by atoms with Crippen molar-refractivity contribution < 1.29 is 0 Å². The number of aromatic nitrogens is 2. The normalized spacial score (nSPS) is 11.4. The van der Waals surface area contributed by atoms with Crippen molar-refractivity contribution in [2.24, 2.45) is 5.92 Å². The lowest BCUT2D eigenvalue weighted by Gasteiger charge is -2.11. The first-order valence-corrected chi connectivity index (χ1v) is 7.82. The van der Waals surface area contributed by atoms with E-state index in [-0.39, 0.29) is 0 Å². The van der Waals surface area contributed by atoms with E-state index in [9.17, 15) is 0 Å². The van der Waals surface area contributed by atoms with Crippen molar-refractivity contribution in [3.05, 3.63) is 11.5 Å². The molecule has 0 saturated heterocycles. The van der Waals surface area contributed by atoms with Gasteiger partial charge in [-0.05, 0) is 24.3 Å². The van der Waals surface area contributed by atoms with Gasteiger partial charge >= 0.3 is 0 Å². The first-order valence-electron chi connectivity index (χ1n) is 6.42. The molecule has 0 atom stereocenters. The fourth-order valence-corrected chi connectivity index (χ4v) is 2.33. The molecule has 0 fully saturated rings. The van der Waals surface area contributed by atoms with Crippen LogP contribution in [0.2, 0.25) is 0 Å². The zero-order valence-electron chi connectivity index (χ0n) is 11.5. The van der Waals surface area contributed by atoms with E-state index in [0.717, 1.165) is 48.9 Å². The smallest absolute Gasteiger partial charge is 0.126 e. The summed E-state index contributed by atoms with van der Waals surface area (Å²) in [5.41, 5.74) is 7.30. The highest BCUT2D eigenvalue weighted by Gasteiger charge is 2.14. The SMILES string of the molecule is CCCc1nc(CCSC)c(N)n1CC(C)C. The average molecular weight is 255 g/mol. The molecule has 0 saturated carbocycles. The van der Waals surface area contributed by atoms with Crippen molar-refractivity contribution in [2.45, 2.75) is 46.6 Å². The van der Waals surface area contributed by atoms with E-state index in [2.05, 4.69) is 31.6 Å². The number of aryl methyl sites for hydroxylation is 2. The summed E-state index contributed by atoms with van der Waals surface area (Å²) in [6.07, 6.45) is 5.25. The molecule has 1 rings (SSSR count). The molecule has 0 aromatic carbocycles. The van der Waals surface area contributed by atoms with Gasteiger partial charge in [0.25, 0.3) is 0 Å². The van der Waals surface area contributed by atoms with Crippen molar-refractivity contribution in [1.82, 2.24) is 9.55 Å². The number of nitrogen functional groups attached to an aromatic ring is 1. The maximum absolute atomic E-state index is 6.21. The van der Waals surface area contributed by atoms with Crippen LogP contribution in [0, 0.1) is 5.92 Å². The zero-order chi connectivity index (χ0) is 12.8. The van der Waals surface area contributed by atoms with Crippen LogP contribution in [0.1, 0.15) is 38.7 Å². The van der Waals surface area contributed by atoms with Crippen LogP contribution in [0.5, 0.6) is 0 Å². The van der Waals surface area contributed by atoms with E-state index in [1.54, 1.807) is 0 Å². The molecule has 0 radical (unpaired) electrons. The molecule has 2 N–H and O–H groups in total. The molecule has 0 aliphatic heterocycles. The summed E-state index contributed by atoms with van der Waals surface area (Å²) in [4.78, 5) is 4.71. The Labute approximate surface area is 109 Å². The van der Waals surface area contributed by atoms with Gasteiger partial charge < -0.3 is 10.3 Å². The Morgan fingerprint density at radius 3 is 2.59 bits per heavy atom. The van der Waals surface area contributed by atoms with Gasteiger partial charge in [-0.3, -0.25) is 0 Å². The Bertz CT molecular complexity index is 345. The van der Waals surface area contributed by atoms with Gasteiger partial charge in [0.1, 0.15) is 11.6 Å². The second-order valence-corrected chi connectivity index (χ2v) is 5.84. The van der Waals surface area contributed by atoms with Gasteiger partial charge in [0.05, 0.1) is 5.69 Å². The molecule has 0 aliphatic rings. The van der Waals surface area contributed by atoms with Crippen molar-refractivity contribution >= 4 is 17.6 Å². The Morgan fingerprint density at radius 2 is 2.06 bits per heavy atom. The maximum Gasteiger partial charge on any atom is 0.126 e. The van der Waals surface area contributed by atoms with E-state index in [1.807, 2.05) is 11.8 Å². The molecule has 98 valence electrons. The molecule has 3 nitrogen and oxygen atoms in total. The topological polar surface area (TPSA) is 43.8 Å². The van der Waals surface area contributed by atoms with Gasteiger partial charge in [0.2, 0.25) is 0 Å². The van der Waals surface area contributed by atoms with E-state index in [4.69, 9.17) is 10.7 Å². The van der Waals surface area contributed by atoms with Gasteiger partial charge in [-0.15, -0.1) is 0 Å². The van der Waals surface area contributed by atoms with Crippen LogP contribution >= 0.6 is 11.8 Å². The molecule has 0 aliphatic carbocycles. The second kappa shape index (κ2) is 6.94. The lowest BCUT2D eigenvalue weighted by Crippen LogP contribution is -2.11. The zero-order valence-corrected chi connectivity index (χ0v) is 12.3. The summed E-state index contributed by atoms with van der Waals surface area (Å²) in [5.74, 6) is 3.75. The van der Waals surface area contributed by atoms with Crippen LogP contribution < -0.4 is 5.73 Å². The van der Waals surface area contributed by atoms with Gasteiger partial charge in [-0.2, -0.15) is 11.8 Å². The third-order valence-corrected chi connectivity index (χ3v) is 3.34. The van der Waals surface area contributed by atoms with Crippen LogP contribution in [0.4, 0.5) is 5.82 Å². The molecule has 4 heteroatoms. The lowest BCUT2D eigenvalue weighted by molar-refractivity contribution is 0.510. The van der Waals surface area contributed by atoms with Crippen molar-refractivity contribution in [3.8, 4) is 0 Å². The van der Waals surface area contributed by atoms with Gasteiger partial charge in [-0.25, -0.2) is 4.98 Å². The monoisotopic (exact) mass is 255 g/mol.